The summed E-state index contributed by atoms with van der Waals surface area (Å²) in [6.45, 7) is 5.40. The van der Waals surface area contributed by atoms with Gasteiger partial charge in [0.2, 0.25) is 0 Å². The standard InChI is InChI=1S/C14H22N4O3/c1-3-5-14(12(19)20)6-7-17(10-14)13(21)16-11-8-15-18(4-2)9-11/h8-9H,3-7,10H2,1-2H3,(H,16,21)(H,19,20). The Morgan fingerprint density at radius 3 is 2.81 bits per heavy atom. The molecule has 0 radical (unpaired) electrons. The highest BCUT2D eigenvalue weighted by Gasteiger charge is 2.45. The van der Waals surface area contributed by atoms with Gasteiger partial charge in [-0.25, -0.2) is 4.79 Å². The summed E-state index contributed by atoms with van der Waals surface area (Å²) in [4.78, 5) is 25.3. The number of aromatic nitrogens is 2. The molecule has 116 valence electrons. The van der Waals surface area contributed by atoms with Crippen molar-refractivity contribution in [3.8, 4) is 0 Å². The van der Waals surface area contributed by atoms with E-state index in [2.05, 4.69) is 10.4 Å². The first-order valence-electron chi connectivity index (χ1n) is 7.32. The van der Waals surface area contributed by atoms with Crippen molar-refractivity contribution in [2.75, 3.05) is 18.4 Å². The molecule has 1 unspecified atom stereocenters. The number of nitrogens with one attached hydrogen (secondary N) is 1. The minimum Gasteiger partial charge on any atom is -0.481 e. The van der Waals surface area contributed by atoms with Gasteiger partial charge in [0, 0.05) is 25.8 Å². The fourth-order valence-corrected chi connectivity index (χ4v) is 2.81. The van der Waals surface area contributed by atoms with Crippen molar-refractivity contribution >= 4 is 17.7 Å². The Kier molecular flexibility index (Phi) is 4.50. The van der Waals surface area contributed by atoms with E-state index < -0.39 is 11.4 Å². The number of amides is 2. The number of carbonyl (C=O) groups excluding carboxylic acids is 1. The van der Waals surface area contributed by atoms with E-state index in [1.54, 1.807) is 22.0 Å². The second kappa shape index (κ2) is 6.15. The molecular weight excluding hydrogens is 272 g/mol. The van der Waals surface area contributed by atoms with Crippen LogP contribution in [0.1, 0.15) is 33.1 Å². The molecule has 1 aliphatic heterocycles. The van der Waals surface area contributed by atoms with Crippen molar-refractivity contribution in [2.24, 2.45) is 5.41 Å². The minimum absolute atomic E-state index is 0.259. The zero-order chi connectivity index (χ0) is 15.5. The molecule has 0 aromatic carbocycles. The quantitative estimate of drug-likeness (QED) is 0.869. The number of hydrogen-bond acceptors (Lipinski definition) is 3. The number of rotatable bonds is 5. The fraction of sp³-hybridized carbons (Fsp3) is 0.643. The molecule has 1 aliphatic rings. The van der Waals surface area contributed by atoms with Crippen molar-refractivity contribution in [1.29, 1.82) is 0 Å². The number of carboxylic acids is 1. The van der Waals surface area contributed by atoms with E-state index in [1.807, 2.05) is 13.8 Å². The van der Waals surface area contributed by atoms with Crippen LogP contribution in [-0.4, -0.2) is 44.9 Å². The number of nitrogens with zero attached hydrogens (tertiary/aromatic N) is 3. The van der Waals surface area contributed by atoms with E-state index in [0.717, 1.165) is 13.0 Å². The lowest BCUT2D eigenvalue weighted by molar-refractivity contribution is -0.148. The molecule has 0 aliphatic carbocycles. The van der Waals surface area contributed by atoms with Gasteiger partial charge in [-0.2, -0.15) is 5.10 Å². The van der Waals surface area contributed by atoms with Gasteiger partial charge in [-0.05, 0) is 19.8 Å². The van der Waals surface area contributed by atoms with Crippen molar-refractivity contribution in [3.63, 3.8) is 0 Å². The lowest BCUT2D eigenvalue weighted by atomic mass is 9.83. The molecule has 1 fully saturated rings. The first kappa shape index (κ1) is 15.3. The Bertz CT molecular complexity index is 528. The van der Waals surface area contributed by atoms with E-state index in [4.69, 9.17) is 0 Å². The third-order valence-electron chi connectivity index (χ3n) is 4.03. The fourth-order valence-electron chi connectivity index (χ4n) is 2.81. The molecule has 2 rings (SSSR count). The number of aryl methyl sites for hydroxylation is 1. The Morgan fingerprint density at radius 2 is 2.24 bits per heavy atom. The summed E-state index contributed by atoms with van der Waals surface area (Å²) in [5.74, 6) is -0.807. The molecule has 7 heteroatoms. The molecule has 1 atom stereocenters. The van der Waals surface area contributed by atoms with Crippen LogP contribution in [0.5, 0.6) is 0 Å². The molecule has 0 saturated carbocycles. The topological polar surface area (TPSA) is 87.5 Å². The van der Waals surface area contributed by atoms with Crippen LogP contribution in [0.3, 0.4) is 0 Å². The monoisotopic (exact) mass is 294 g/mol. The smallest absolute Gasteiger partial charge is 0.321 e. The molecule has 2 N–H and O–H groups in total. The number of urea groups is 1. The second-order valence-electron chi connectivity index (χ2n) is 5.52. The number of likely N-dealkylation sites (tertiary alicyclic amines) is 1. The SMILES string of the molecule is CCCC1(C(=O)O)CCN(C(=O)Nc2cnn(CC)c2)C1. The van der Waals surface area contributed by atoms with Gasteiger partial charge in [-0.1, -0.05) is 13.3 Å². The van der Waals surface area contributed by atoms with Crippen LogP contribution < -0.4 is 5.32 Å². The van der Waals surface area contributed by atoms with E-state index in [1.165, 1.54) is 0 Å². The van der Waals surface area contributed by atoms with Crippen LogP contribution in [0, 0.1) is 5.41 Å². The van der Waals surface area contributed by atoms with E-state index in [-0.39, 0.29) is 12.6 Å². The van der Waals surface area contributed by atoms with Gasteiger partial charge < -0.3 is 15.3 Å². The van der Waals surface area contributed by atoms with E-state index in [9.17, 15) is 14.7 Å². The highest BCUT2D eigenvalue weighted by Crippen LogP contribution is 2.35. The van der Waals surface area contributed by atoms with Gasteiger partial charge in [0.25, 0.3) is 0 Å². The van der Waals surface area contributed by atoms with Crippen LogP contribution >= 0.6 is 0 Å². The molecule has 1 aromatic heterocycles. The van der Waals surface area contributed by atoms with Crippen LogP contribution in [-0.2, 0) is 11.3 Å². The highest BCUT2D eigenvalue weighted by molar-refractivity contribution is 5.90. The van der Waals surface area contributed by atoms with Crippen LogP contribution in [0.4, 0.5) is 10.5 Å². The maximum Gasteiger partial charge on any atom is 0.321 e. The van der Waals surface area contributed by atoms with Crippen molar-refractivity contribution in [3.05, 3.63) is 12.4 Å². The number of aliphatic carboxylic acids is 1. The highest BCUT2D eigenvalue weighted by atomic mass is 16.4. The van der Waals surface area contributed by atoms with Crippen molar-refractivity contribution in [2.45, 2.75) is 39.7 Å². The number of carbonyl (C=O) groups is 2. The molecule has 0 spiro atoms. The van der Waals surface area contributed by atoms with Crippen LogP contribution in [0.2, 0.25) is 0 Å². The van der Waals surface area contributed by atoms with Crippen LogP contribution in [0.25, 0.3) is 0 Å². The molecule has 1 aromatic rings. The molecule has 2 amide bonds. The third kappa shape index (κ3) is 3.17. The van der Waals surface area contributed by atoms with Gasteiger partial charge in [0.15, 0.2) is 0 Å². The lowest BCUT2D eigenvalue weighted by Crippen LogP contribution is -2.38. The largest absolute Gasteiger partial charge is 0.481 e. The van der Waals surface area contributed by atoms with Gasteiger partial charge in [0.05, 0.1) is 17.3 Å². The number of anilines is 1. The third-order valence-corrected chi connectivity index (χ3v) is 4.03. The second-order valence-corrected chi connectivity index (χ2v) is 5.52. The summed E-state index contributed by atoms with van der Waals surface area (Å²) in [7, 11) is 0. The Morgan fingerprint density at radius 1 is 1.48 bits per heavy atom. The van der Waals surface area contributed by atoms with E-state index in [0.29, 0.717) is 25.1 Å². The predicted molar refractivity (Wildman–Crippen MR) is 78.1 cm³/mol. The summed E-state index contributed by atoms with van der Waals surface area (Å²) >= 11 is 0. The zero-order valence-corrected chi connectivity index (χ0v) is 12.5. The predicted octanol–water partition coefficient (Wildman–Crippen LogP) is 2.01. The molecular formula is C14H22N4O3. The number of hydrogen-bond donors (Lipinski definition) is 2. The molecule has 2 heterocycles. The maximum absolute atomic E-state index is 12.2. The summed E-state index contributed by atoms with van der Waals surface area (Å²) in [5.41, 5.74) is -0.162. The first-order valence-corrected chi connectivity index (χ1v) is 7.32. The normalized spacial score (nSPS) is 21.5. The lowest BCUT2D eigenvalue weighted by Gasteiger charge is -2.24. The summed E-state index contributed by atoms with van der Waals surface area (Å²) < 4.78 is 1.72. The average molecular weight is 294 g/mol. The van der Waals surface area contributed by atoms with E-state index >= 15 is 0 Å². The minimum atomic E-state index is -0.807. The summed E-state index contributed by atoms with van der Waals surface area (Å²) in [6.07, 6.45) is 5.25. The molecule has 7 nitrogen and oxygen atoms in total. The van der Waals surface area contributed by atoms with Gasteiger partial charge in [-0.15, -0.1) is 0 Å². The maximum atomic E-state index is 12.2. The Labute approximate surface area is 123 Å². The summed E-state index contributed by atoms with van der Waals surface area (Å²) in [5, 5.41) is 16.3. The first-order chi connectivity index (χ1) is 10.0. The summed E-state index contributed by atoms with van der Waals surface area (Å²) in [6, 6.07) is -0.259. The van der Waals surface area contributed by atoms with Crippen LogP contribution in [0.15, 0.2) is 12.4 Å². The average Bonchev–Trinajstić information content (AvgIpc) is 3.06. The van der Waals surface area contributed by atoms with Gasteiger partial charge in [-0.3, -0.25) is 9.48 Å². The van der Waals surface area contributed by atoms with Gasteiger partial charge in [0.1, 0.15) is 0 Å². The van der Waals surface area contributed by atoms with Gasteiger partial charge >= 0.3 is 12.0 Å². The Balaban J connectivity index is 1.99. The zero-order valence-electron chi connectivity index (χ0n) is 12.5. The van der Waals surface area contributed by atoms with Crippen molar-refractivity contribution in [1.82, 2.24) is 14.7 Å². The van der Waals surface area contributed by atoms with Crippen molar-refractivity contribution < 1.29 is 14.7 Å². The Hall–Kier alpha value is -2.05. The molecule has 21 heavy (non-hydrogen) atoms. The number of carboxylic acid groups (broad SMARTS) is 1. The molecule has 0 bridgehead atoms. The molecule has 1 saturated heterocycles.